The number of amidine groups is 1. The highest BCUT2D eigenvalue weighted by Gasteiger charge is 2.52. The number of alkyl halides is 3. The summed E-state index contributed by atoms with van der Waals surface area (Å²) in [5.41, 5.74) is 0. The zero-order valence-corrected chi connectivity index (χ0v) is 9.94. The average molecular weight is 272 g/mol. The van der Waals surface area contributed by atoms with Gasteiger partial charge in [0.15, 0.2) is 5.17 Å². The Bertz CT molecular complexity index is 305. The number of halogens is 3. The van der Waals surface area contributed by atoms with E-state index in [0.717, 1.165) is 11.8 Å². The zero-order valence-electron chi connectivity index (χ0n) is 8.31. The molecule has 0 spiro atoms. The molecule has 0 radical (unpaired) electrons. The van der Waals surface area contributed by atoms with Crippen molar-refractivity contribution in [2.75, 3.05) is 7.05 Å². The molecule has 2 fully saturated rings. The number of thioether (sulfide) groups is 2. The Labute approximate surface area is 99.3 Å². The summed E-state index contributed by atoms with van der Waals surface area (Å²) in [5.74, 6) is 0. The lowest BCUT2D eigenvalue weighted by atomic mass is 10.0. The number of nitrogens with zero attached hydrogens (tertiary/aromatic N) is 1. The molecule has 2 heterocycles. The van der Waals surface area contributed by atoms with Crippen LogP contribution in [0.2, 0.25) is 0 Å². The van der Waals surface area contributed by atoms with E-state index in [2.05, 4.69) is 10.3 Å². The summed E-state index contributed by atoms with van der Waals surface area (Å²) in [7, 11) is 1.55. The molecule has 8 heteroatoms. The summed E-state index contributed by atoms with van der Waals surface area (Å²) in [6.07, 6.45) is -6.03. The van der Waals surface area contributed by atoms with Crippen LogP contribution in [-0.4, -0.2) is 51.9 Å². The van der Waals surface area contributed by atoms with Crippen molar-refractivity contribution in [2.24, 2.45) is 4.99 Å². The fourth-order valence-corrected chi connectivity index (χ4v) is 4.63. The molecule has 2 saturated heterocycles. The maximum Gasteiger partial charge on any atom is 0.252 e. The van der Waals surface area contributed by atoms with Crippen LogP contribution in [0.4, 0.5) is 13.2 Å². The van der Waals surface area contributed by atoms with E-state index in [9.17, 15) is 18.3 Å². The van der Waals surface area contributed by atoms with E-state index in [4.69, 9.17) is 0 Å². The fourth-order valence-electron chi connectivity index (χ4n) is 1.72. The van der Waals surface area contributed by atoms with E-state index in [0.29, 0.717) is 5.17 Å². The SMILES string of the molecule is CN=C1N[C@H]2[C@@H](S1)S[C@H](C(F)F)[C@@H](O)[C@@H]2F. The molecule has 0 aromatic carbocycles. The van der Waals surface area contributed by atoms with Crippen molar-refractivity contribution in [2.45, 2.75) is 34.6 Å². The Morgan fingerprint density at radius 1 is 1.50 bits per heavy atom. The van der Waals surface area contributed by atoms with Gasteiger partial charge in [-0.3, -0.25) is 4.99 Å². The van der Waals surface area contributed by atoms with Crippen molar-refractivity contribution in [3.05, 3.63) is 0 Å². The minimum absolute atomic E-state index is 0.351. The first-order valence-electron chi connectivity index (χ1n) is 4.70. The van der Waals surface area contributed by atoms with Gasteiger partial charge in [0.25, 0.3) is 6.43 Å². The quantitative estimate of drug-likeness (QED) is 0.750. The van der Waals surface area contributed by atoms with Crippen molar-refractivity contribution in [1.82, 2.24) is 5.32 Å². The van der Waals surface area contributed by atoms with Gasteiger partial charge in [-0.15, -0.1) is 11.8 Å². The van der Waals surface area contributed by atoms with Gasteiger partial charge in [-0.1, -0.05) is 11.8 Å². The lowest BCUT2D eigenvalue weighted by molar-refractivity contribution is 0.00860. The van der Waals surface area contributed by atoms with Gasteiger partial charge in [0.2, 0.25) is 0 Å². The third-order valence-corrected chi connectivity index (χ3v) is 5.59. The van der Waals surface area contributed by atoms with Gasteiger partial charge >= 0.3 is 0 Å². The second-order valence-electron chi connectivity index (χ2n) is 3.56. The van der Waals surface area contributed by atoms with Crippen LogP contribution in [0.25, 0.3) is 0 Å². The molecule has 2 N–H and O–H groups in total. The number of nitrogens with one attached hydrogen (secondary N) is 1. The smallest absolute Gasteiger partial charge is 0.252 e. The van der Waals surface area contributed by atoms with Crippen molar-refractivity contribution in [3.8, 4) is 0 Å². The number of aliphatic imine (C=N–C) groups is 1. The standard InChI is InChI=1S/C8H11F3N2OS2/c1-12-8-13-3-2(9)4(14)5(6(10)11)15-7(3)16-8/h2-7,14H,1H3,(H,12,13)/t2-,3-,4+,5+,7-/m1/s1. The van der Waals surface area contributed by atoms with Gasteiger partial charge in [-0.2, -0.15) is 0 Å². The van der Waals surface area contributed by atoms with Crippen LogP contribution >= 0.6 is 23.5 Å². The maximum absolute atomic E-state index is 13.7. The third-order valence-electron chi connectivity index (χ3n) is 2.56. The van der Waals surface area contributed by atoms with Crippen molar-refractivity contribution < 1.29 is 18.3 Å². The Balaban J connectivity index is 2.15. The van der Waals surface area contributed by atoms with E-state index >= 15 is 0 Å². The summed E-state index contributed by atoms with van der Waals surface area (Å²) in [5, 5.41) is 11.4. The Morgan fingerprint density at radius 2 is 2.19 bits per heavy atom. The first-order chi connectivity index (χ1) is 7.54. The van der Waals surface area contributed by atoms with E-state index in [1.807, 2.05) is 0 Å². The number of fused-ring (bicyclic) bond motifs is 1. The molecular weight excluding hydrogens is 261 g/mol. The van der Waals surface area contributed by atoms with Crippen LogP contribution in [-0.2, 0) is 0 Å². The van der Waals surface area contributed by atoms with Gasteiger partial charge < -0.3 is 10.4 Å². The predicted molar refractivity (Wildman–Crippen MR) is 59.9 cm³/mol. The number of rotatable bonds is 1. The van der Waals surface area contributed by atoms with E-state index in [1.165, 1.54) is 11.8 Å². The summed E-state index contributed by atoms with van der Waals surface area (Å²) in [6, 6.07) is -0.640. The molecule has 3 nitrogen and oxygen atoms in total. The van der Waals surface area contributed by atoms with Crippen molar-refractivity contribution >= 4 is 28.7 Å². The van der Waals surface area contributed by atoms with E-state index in [-0.39, 0.29) is 4.58 Å². The molecule has 5 atom stereocenters. The largest absolute Gasteiger partial charge is 0.389 e. The molecule has 0 saturated carbocycles. The van der Waals surface area contributed by atoms with Gasteiger partial charge in [-0.25, -0.2) is 13.2 Å². The van der Waals surface area contributed by atoms with E-state index in [1.54, 1.807) is 7.05 Å². The topological polar surface area (TPSA) is 44.6 Å². The van der Waals surface area contributed by atoms with Crippen molar-refractivity contribution in [3.63, 3.8) is 0 Å². The lowest BCUT2D eigenvalue weighted by Crippen LogP contribution is -2.54. The third kappa shape index (κ3) is 2.02. The maximum atomic E-state index is 13.7. The minimum Gasteiger partial charge on any atom is -0.389 e. The summed E-state index contributed by atoms with van der Waals surface area (Å²) >= 11 is 2.16. The van der Waals surface area contributed by atoms with Crippen LogP contribution in [0.15, 0.2) is 4.99 Å². The predicted octanol–water partition coefficient (Wildman–Crippen LogP) is 1.08. The molecule has 0 unspecified atom stereocenters. The molecule has 2 aliphatic rings. The number of aliphatic hydroxyl groups excluding tert-OH is 1. The Morgan fingerprint density at radius 3 is 2.75 bits per heavy atom. The summed E-state index contributed by atoms with van der Waals surface area (Å²) < 4.78 is 38.5. The normalized spacial score (nSPS) is 45.9. The molecular formula is C8H11F3N2OS2. The second-order valence-corrected chi connectivity index (χ2v) is 6.31. The lowest BCUT2D eigenvalue weighted by Gasteiger charge is -2.36. The van der Waals surface area contributed by atoms with Crippen LogP contribution < -0.4 is 5.32 Å². The molecule has 92 valence electrons. The highest BCUT2D eigenvalue weighted by atomic mass is 32.2. The van der Waals surface area contributed by atoms with E-state index < -0.39 is 30.0 Å². The monoisotopic (exact) mass is 272 g/mol. The molecule has 16 heavy (non-hydrogen) atoms. The molecule has 0 aromatic rings. The number of aliphatic hydroxyl groups is 1. The Hall–Kier alpha value is -0.0800. The van der Waals surface area contributed by atoms with Crippen LogP contribution in [0.3, 0.4) is 0 Å². The molecule has 2 aliphatic heterocycles. The Kier molecular flexibility index (Phi) is 3.60. The van der Waals surface area contributed by atoms with Crippen LogP contribution in [0.5, 0.6) is 0 Å². The highest BCUT2D eigenvalue weighted by Crippen LogP contribution is 2.45. The first-order valence-corrected chi connectivity index (χ1v) is 6.52. The van der Waals surface area contributed by atoms with Gasteiger partial charge in [0.05, 0.1) is 15.9 Å². The molecule has 0 aromatic heterocycles. The van der Waals surface area contributed by atoms with Crippen LogP contribution in [0.1, 0.15) is 0 Å². The fraction of sp³-hybridized carbons (Fsp3) is 0.875. The highest BCUT2D eigenvalue weighted by molar-refractivity contribution is 8.25. The zero-order chi connectivity index (χ0) is 11.9. The van der Waals surface area contributed by atoms with Gasteiger partial charge in [0, 0.05) is 7.05 Å². The number of hydrogen-bond donors (Lipinski definition) is 2. The molecule has 0 bridgehead atoms. The molecule has 0 amide bonds. The van der Waals surface area contributed by atoms with Gasteiger partial charge in [-0.05, 0) is 0 Å². The average Bonchev–Trinajstić information content (AvgIpc) is 2.66. The van der Waals surface area contributed by atoms with Gasteiger partial charge in [0.1, 0.15) is 12.3 Å². The number of hydrogen-bond acceptors (Lipinski definition) is 4. The molecule has 2 rings (SSSR count). The summed E-state index contributed by atoms with van der Waals surface area (Å²) in [6.45, 7) is 0. The summed E-state index contributed by atoms with van der Waals surface area (Å²) in [4.78, 5) is 3.86. The van der Waals surface area contributed by atoms with Crippen LogP contribution in [0, 0.1) is 0 Å². The minimum atomic E-state index is -2.72. The second kappa shape index (κ2) is 4.66. The van der Waals surface area contributed by atoms with Crippen molar-refractivity contribution in [1.29, 1.82) is 0 Å². The molecule has 0 aliphatic carbocycles. The first kappa shape index (κ1) is 12.4.